The summed E-state index contributed by atoms with van der Waals surface area (Å²) >= 11 is 5.99. The van der Waals surface area contributed by atoms with E-state index in [4.69, 9.17) is 16.3 Å². The summed E-state index contributed by atoms with van der Waals surface area (Å²) in [5.74, 6) is 1.29. The van der Waals surface area contributed by atoms with Crippen molar-refractivity contribution in [3.63, 3.8) is 0 Å². The van der Waals surface area contributed by atoms with Crippen LogP contribution >= 0.6 is 11.6 Å². The van der Waals surface area contributed by atoms with E-state index < -0.39 is 0 Å². The van der Waals surface area contributed by atoms with Gasteiger partial charge in [0.25, 0.3) is 5.91 Å². The van der Waals surface area contributed by atoms with E-state index >= 15 is 0 Å². The Morgan fingerprint density at radius 1 is 1.11 bits per heavy atom. The van der Waals surface area contributed by atoms with Gasteiger partial charge in [0.05, 0.1) is 12.7 Å². The van der Waals surface area contributed by atoms with Gasteiger partial charge in [-0.05, 0) is 54.4 Å². The van der Waals surface area contributed by atoms with E-state index in [1.54, 1.807) is 37.6 Å². The molecule has 0 spiro atoms. The first-order valence-corrected chi connectivity index (χ1v) is 8.83. The Morgan fingerprint density at radius 2 is 1.89 bits per heavy atom. The normalized spacial score (nSPS) is 10.3. The van der Waals surface area contributed by atoms with Gasteiger partial charge in [0.2, 0.25) is 0 Å². The fourth-order valence-corrected chi connectivity index (χ4v) is 2.66. The number of aryl methyl sites for hydroxylation is 1. The van der Waals surface area contributed by atoms with Crippen LogP contribution in [0.5, 0.6) is 5.75 Å². The number of carbonyl (C=O) groups excluding carboxylic acids is 1. The molecule has 0 atom stereocenters. The molecule has 6 heteroatoms. The van der Waals surface area contributed by atoms with Crippen LogP contribution in [0, 0.1) is 6.92 Å². The molecule has 0 radical (unpaired) electrons. The van der Waals surface area contributed by atoms with Crippen LogP contribution in [0.15, 0.2) is 60.8 Å². The zero-order valence-corrected chi connectivity index (χ0v) is 15.9. The first-order valence-electron chi connectivity index (χ1n) is 8.45. The van der Waals surface area contributed by atoms with Crippen LogP contribution in [-0.4, -0.2) is 18.0 Å². The van der Waals surface area contributed by atoms with Gasteiger partial charge in [-0.15, -0.1) is 0 Å². The summed E-state index contributed by atoms with van der Waals surface area (Å²) in [6.07, 6.45) is 1.55. The number of ether oxygens (including phenoxy) is 1. The number of benzene rings is 2. The molecule has 0 aliphatic rings. The molecule has 138 valence electrons. The number of hydrogen-bond acceptors (Lipinski definition) is 4. The number of aromatic nitrogens is 1. The van der Waals surface area contributed by atoms with Gasteiger partial charge in [-0.3, -0.25) is 4.79 Å². The molecule has 2 N–H and O–H groups in total. The second-order valence-electron chi connectivity index (χ2n) is 6.05. The lowest BCUT2D eigenvalue weighted by Crippen LogP contribution is -2.13. The molecular formula is C21H20ClN3O2. The molecule has 1 amide bonds. The van der Waals surface area contributed by atoms with E-state index in [0.717, 1.165) is 16.9 Å². The summed E-state index contributed by atoms with van der Waals surface area (Å²) in [5.41, 5.74) is 3.22. The van der Waals surface area contributed by atoms with Crippen LogP contribution in [-0.2, 0) is 6.54 Å². The lowest BCUT2D eigenvalue weighted by Gasteiger charge is -2.10. The molecule has 3 aromatic rings. The van der Waals surface area contributed by atoms with Crippen LogP contribution < -0.4 is 15.4 Å². The summed E-state index contributed by atoms with van der Waals surface area (Å²) in [5, 5.41) is 6.67. The van der Waals surface area contributed by atoms with E-state index in [2.05, 4.69) is 15.6 Å². The maximum absolute atomic E-state index is 12.4. The number of halogens is 1. The zero-order valence-electron chi connectivity index (χ0n) is 15.1. The molecule has 1 aromatic heterocycles. The summed E-state index contributed by atoms with van der Waals surface area (Å²) in [7, 11) is 1.64. The molecule has 0 aliphatic carbocycles. The Balaban J connectivity index is 1.60. The maximum atomic E-state index is 12.4. The number of carbonyl (C=O) groups is 1. The molecular weight excluding hydrogens is 362 g/mol. The van der Waals surface area contributed by atoms with Gasteiger partial charge in [-0.1, -0.05) is 29.8 Å². The second-order valence-corrected chi connectivity index (χ2v) is 6.48. The molecule has 0 saturated carbocycles. The molecule has 1 heterocycles. The summed E-state index contributed by atoms with van der Waals surface area (Å²) < 4.78 is 5.15. The van der Waals surface area contributed by atoms with E-state index in [1.165, 1.54) is 0 Å². The standard InChI is InChI=1S/C21H20ClN3O2/c1-14-3-7-17(22)11-19(14)25-21(26)16-6-10-20(24-13-16)23-12-15-4-8-18(27-2)9-5-15/h3-11,13H,12H2,1-2H3,(H,23,24)(H,25,26). The minimum Gasteiger partial charge on any atom is -0.497 e. The van der Waals surface area contributed by atoms with Crippen LogP contribution in [0.4, 0.5) is 11.5 Å². The van der Waals surface area contributed by atoms with Crippen molar-refractivity contribution >= 4 is 29.0 Å². The fourth-order valence-electron chi connectivity index (χ4n) is 2.49. The minimum absolute atomic E-state index is 0.227. The van der Waals surface area contributed by atoms with Crippen molar-refractivity contribution in [1.82, 2.24) is 4.98 Å². The third kappa shape index (κ3) is 4.99. The number of nitrogens with one attached hydrogen (secondary N) is 2. The summed E-state index contributed by atoms with van der Waals surface area (Å²) in [6, 6.07) is 16.7. The molecule has 0 bridgehead atoms. The van der Waals surface area contributed by atoms with Crippen molar-refractivity contribution in [1.29, 1.82) is 0 Å². The van der Waals surface area contributed by atoms with E-state index in [-0.39, 0.29) is 5.91 Å². The van der Waals surface area contributed by atoms with Crippen LogP contribution in [0.2, 0.25) is 5.02 Å². The monoisotopic (exact) mass is 381 g/mol. The number of rotatable bonds is 6. The van der Waals surface area contributed by atoms with Gasteiger partial charge in [0.15, 0.2) is 0 Å². The lowest BCUT2D eigenvalue weighted by molar-refractivity contribution is 0.102. The molecule has 5 nitrogen and oxygen atoms in total. The van der Waals surface area contributed by atoms with Crippen LogP contribution in [0.25, 0.3) is 0 Å². The van der Waals surface area contributed by atoms with E-state index in [1.807, 2.05) is 37.3 Å². The second kappa shape index (κ2) is 8.56. The predicted molar refractivity (Wildman–Crippen MR) is 109 cm³/mol. The number of amides is 1. The largest absolute Gasteiger partial charge is 0.497 e. The molecule has 0 unspecified atom stereocenters. The van der Waals surface area contributed by atoms with Crippen molar-refractivity contribution in [2.45, 2.75) is 13.5 Å². The molecule has 3 rings (SSSR count). The number of nitrogens with zero attached hydrogens (tertiary/aromatic N) is 1. The highest BCUT2D eigenvalue weighted by Gasteiger charge is 2.09. The molecule has 0 aliphatic heterocycles. The predicted octanol–water partition coefficient (Wildman–Crippen LogP) is 4.92. The SMILES string of the molecule is COc1ccc(CNc2ccc(C(=O)Nc3cc(Cl)ccc3C)cn2)cc1. The van der Waals surface area contributed by atoms with Crippen LogP contribution in [0.3, 0.4) is 0 Å². The number of anilines is 2. The Hall–Kier alpha value is -3.05. The minimum atomic E-state index is -0.227. The summed E-state index contributed by atoms with van der Waals surface area (Å²) in [6.45, 7) is 2.54. The van der Waals surface area contributed by atoms with Crippen molar-refractivity contribution in [3.05, 3.63) is 82.5 Å². The van der Waals surface area contributed by atoms with Gasteiger partial charge in [-0.2, -0.15) is 0 Å². The third-order valence-corrected chi connectivity index (χ3v) is 4.34. The highest BCUT2D eigenvalue weighted by molar-refractivity contribution is 6.31. The first kappa shape index (κ1) is 18.7. The maximum Gasteiger partial charge on any atom is 0.257 e. The molecule has 2 aromatic carbocycles. The topological polar surface area (TPSA) is 63.2 Å². The number of methoxy groups -OCH3 is 1. The molecule has 27 heavy (non-hydrogen) atoms. The fraction of sp³-hybridized carbons (Fsp3) is 0.143. The van der Waals surface area contributed by atoms with Gasteiger partial charge in [0, 0.05) is 23.5 Å². The number of pyridine rings is 1. The average Bonchev–Trinajstić information content (AvgIpc) is 2.70. The van der Waals surface area contributed by atoms with Crippen molar-refractivity contribution in [2.24, 2.45) is 0 Å². The first-order chi connectivity index (χ1) is 13.0. The lowest BCUT2D eigenvalue weighted by atomic mass is 10.2. The van der Waals surface area contributed by atoms with E-state index in [9.17, 15) is 4.79 Å². The zero-order chi connectivity index (χ0) is 19.2. The van der Waals surface area contributed by atoms with Crippen molar-refractivity contribution < 1.29 is 9.53 Å². The number of hydrogen-bond donors (Lipinski definition) is 2. The van der Waals surface area contributed by atoms with Crippen LogP contribution in [0.1, 0.15) is 21.5 Å². The Labute approximate surface area is 163 Å². The third-order valence-electron chi connectivity index (χ3n) is 4.11. The van der Waals surface area contributed by atoms with E-state index in [0.29, 0.717) is 28.6 Å². The smallest absolute Gasteiger partial charge is 0.257 e. The average molecular weight is 382 g/mol. The highest BCUT2D eigenvalue weighted by Crippen LogP contribution is 2.21. The Kier molecular flexibility index (Phi) is 5.94. The summed E-state index contributed by atoms with van der Waals surface area (Å²) in [4.78, 5) is 16.7. The molecule has 0 saturated heterocycles. The van der Waals surface area contributed by atoms with Crippen molar-refractivity contribution in [2.75, 3.05) is 17.7 Å². The highest BCUT2D eigenvalue weighted by atomic mass is 35.5. The Morgan fingerprint density at radius 3 is 2.56 bits per heavy atom. The van der Waals surface area contributed by atoms with Gasteiger partial charge in [-0.25, -0.2) is 4.98 Å². The van der Waals surface area contributed by atoms with Crippen molar-refractivity contribution in [3.8, 4) is 5.75 Å². The van der Waals surface area contributed by atoms with Gasteiger partial charge in [0.1, 0.15) is 11.6 Å². The molecule has 0 fully saturated rings. The Bertz CT molecular complexity index is 925. The van der Waals surface area contributed by atoms with Gasteiger partial charge < -0.3 is 15.4 Å². The van der Waals surface area contributed by atoms with Gasteiger partial charge >= 0.3 is 0 Å². The quantitative estimate of drug-likeness (QED) is 0.636.